The largest absolute Gasteiger partial charge is 0.481 e. The Balaban J connectivity index is 1.92. The van der Waals surface area contributed by atoms with Gasteiger partial charge in [-0.15, -0.1) is 0 Å². The number of hydrogen-bond acceptors (Lipinski definition) is 5. The van der Waals surface area contributed by atoms with Gasteiger partial charge in [0.25, 0.3) is 0 Å². The van der Waals surface area contributed by atoms with E-state index in [4.69, 9.17) is 9.47 Å². The predicted molar refractivity (Wildman–Crippen MR) is 89.9 cm³/mol. The van der Waals surface area contributed by atoms with Gasteiger partial charge in [-0.2, -0.15) is 0 Å². The normalized spacial score (nSPS) is 29.1. The highest BCUT2D eigenvalue weighted by atomic mass is 16.5. The second-order valence-electron chi connectivity index (χ2n) is 6.96. The molecule has 0 bridgehead atoms. The highest BCUT2D eigenvalue weighted by Crippen LogP contribution is 2.44. The number of fused-ring (bicyclic) bond motifs is 2. The van der Waals surface area contributed by atoms with E-state index in [0.717, 1.165) is 43.4 Å². The average molecular weight is 333 g/mol. The third-order valence-electron chi connectivity index (χ3n) is 5.54. The van der Waals surface area contributed by atoms with Crippen molar-refractivity contribution < 1.29 is 19.4 Å². The molecule has 0 saturated heterocycles. The van der Waals surface area contributed by atoms with Crippen molar-refractivity contribution in [2.75, 3.05) is 13.7 Å². The fraction of sp³-hybridized carbons (Fsp3) is 0.684. The Kier molecular flexibility index (Phi) is 5.39. The van der Waals surface area contributed by atoms with E-state index in [1.807, 2.05) is 19.1 Å². The predicted octanol–water partition coefficient (Wildman–Crippen LogP) is 2.85. The second-order valence-corrected chi connectivity index (χ2v) is 6.96. The molecule has 1 saturated carbocycles. The van der Waals surface area contributed by atoms with Crippen molar-refractivity contribution in [1.82, 2.24) is 4.98 Å². The second kappa shape index (κ2) is 7.51. The minimum Gasteiger partial charge on any atom is -0.481 e. The fourth-order valence-electron chi connectivity index (χ4n) is 4.39. The third kappa shape index (κ3) is 3.56. The molecule has 0 aliphatic heterocycles. The van der Waals surface area contributed by atoms with Crippen LogP contribution in [0.5, 0.6) is 5.88 Å². The fourth-order valence-corrected chi connectivity index (χ4v) is 4.39. The van der Waals surface area contributed by atoms with Crippen LogP contribution in [0.15, 0.2) is 12.1 Å². The zero-order chi connectivity index (χ0) is 17.1. The summed E-state index contributed by atoms with van der Waals surface area (Å²) in [5.74, 6) is 1.16. The van der Waals surface area contributed by atoms with Crippen molar-refractivity contribution in [3.63, 3.8) is 0 Å². The molecule has 1 fully saturated rings. The first kappa shape index (κ1) is 17.2. The quantitative estimate of drug-likeness (QED) is 0.858. The molecule has 2 aliphatic rings. The number of hydrogen-bond donors (Lipinski definition) is 1. The van der Waals surface area contributed by atoms with Crippen LogP contribution in [0.4, 0.5) is 0 Å². The third-order valence-corrected chi connectivity index (χ3v) is 5.54. The molecular formula is C19H27NO4. The summed E-state index contributed by atoms with van der Waals surface area (Å²) < 4.78 is 10.4. The van der Waals surface area contributed by atoms with Crippen LogP contribution in [0.25, 0.3) is 0 Å². The molecular weight excluding hydrogens is 306 g/mol. The lowest BCUT2D eigenvalue weighted by Crippen LogP contribution is -2.33. The molecule has 1 aromatic rings. The van der Waals surface area contributed by atoms with E-state index < -0.39 is 0 Å². The van der Waals surface area contributed by atoms with Gasteiger partial charge in [0, 0.05) is 11.8 Å². The number of nitrogens with zero attached hydrogens (tertiary/aromatic N) is 1. The molecule has 4 atom stereocenters. The lowest BCUT2D eigenvalue weighted by Gasteiger charge is -2.35. The number of carbonyl (C=O) groups is 1. The van der Waals surface area contributed by atoms with E-state index in [1.165, 1.54) is 0 Å². The van der Waals surface area contributed by atoms with Gasteiger partial charge in [-0.1, -0.05) is 12.5 Å². The van der Waals surface area contributed by atoms with E-state index in [9.17, 15) is 9.90 Å². The molecule has 0 radical (unpaired) electrons. The lowest BCUT2D eigenvalue weighted by atomic mass is 9.73. The first-order valence-corrected chi connectivity index (χ1v) is 8.99. The maximum absolute atomic E-state index is 12.1. The van der Waals surface area contributed by atoms with E-state index in [-0.39, 0.29) is 23.9 Å². The van der Waals surface area contributed by atoms with Crippen LogP contribution in [0.2, 0.25) is 0 Å². The monoisotopic (exact) mass is 333 g/mol. The first-order chi connectivity index (χ1) is 11.6. The van der Waals surface area contributed by atoms with Crippen LogP contribution >= 0.6 is 0 Å². The smallest absolute Gasteiger partial charge is 0.306 e. The Morgan fingerprint density at radius 3 is 2.96 bits per heavy atom. The Bertz CT molecular complexity index is 589. The van der Waals surface area contributed by atoms with Gasteiger partial charge in [0.2, 0.25) is 5.88 Å². The van der Waals surface area contributed by atoms with E-state index >= 15 is 0 Å². The molecule has 0 spiro atoms. The standard InChI is InChI=1S/C19H27NO4/c1-3-24-19(22)11-13-9-15-12(5-4-6-17(15)21)10-16-14(13)7-8-18(20-16)23-2/h7-8,12-13,15,17,21H,3-6,9-11H2,1-2H3/t12-,13+,15+,17-/m0/s1. The van der Waals surface area contributed by atoms with Crippen molar-refractivity contribution in [1.29, 1.82) is 0 Å². The molecule has 0 amide bonds. The van der Waals surface area contributed by atoms with Gasteiger partial charge >= 0.3 is 5.97 Å². The molecule has 1 aromatic heterocycles. The van der Waals surface area contributed by atoms with Gasteiger partial charge in [0.15, 0.2) is 0 Å². The van der Waals surface area contributed by atoms with Gasteiger partial charge in [-0.05, 0) is 55.9 Å². The Morgan fingerprint density at radius 2 is 2.21 bits per heavy atom. The zero-order valence-corrected chi connectivity index (χ0v) is 14.5. The van der Waals surface area contributed by atoms with Crippen LogP contribution in [-0.2, 0) is 16.0 Å². The van der Waals surface area contributed by atoms with Crippen LogP contribution in [0.3, 0.4) is 0 Å². The summed E-state index contributed by atoms with van der Waals surface area (Å²) in [5, 5.41) is 10.5. The number of methoxy groups -OCH3 is 1. The van der Waals surface area contributed by atoms with Crippen molar-refractivity contribution in [3.8, 4) is 5.88 Å². The summed E-state index contributed by atoms with van der Waals surface area (Å²) in [7, 11) is 1.62. The molecule has 2 aliphatic carbocycles. The first-order valence-electron chi connectivity index (χ1n) is 8.99. The Hall–Kier alpha value is -1.62. The summed E-state index contributed by atoms with van der Waals surface area (Å²) in [4.78, 5) is 16.7. The van der Waals surface area contributed by atoms with E-state index in [0.29, 0.717) is 24.8 Å². The molecule has 0 aromatic carbocycles. The molecule has 5 heteroatoms. The lowest BCUT2D eigenvalue weighted by molar-refractivity contribution is -0.143. The summed E-state index contributed by atoms with van der Waals surface area (Å²) in [6.45, 7) is 2.22. The van der Waals surface area contributed by atoms with Crippen LogP contribution in [0, 0.1) is 11.8 Å². The number of carbonyl (C=O) groups excluding carboxylic acids is 1. The minimum atomic E-state index is -0.273. The van der Waals surface area contributed by atoms with E-state index in [1.54, 1.807) is 7.11 Å². The molecule has 3 rings (SSSR count). The van der Waals surface area contributed by atoms with Crippen LogP contribution < -0.4 is 4.74 Å². The molecule has 1 N–H and O–H groups in total. The van der Waals surface area contributed by atoms with Crippen LogP contribution in [0.1, 0.15) is 56.2 Å². The van der Waals surface area contributed by atoms with Gasteiger partial charge in [-0.3, -0.25) is 4.79 Å². The summed E-state index contributed by atoms with van der Waals surface area (Å²) in [6, 6.07) is 3.90. The maximum atomic E-state index is 12.1. The van der Waals surface area contributed by atoms with Crippen LogP contribution in [-0.4, -0.2) is 35.9 Å². The zero-order valence-electron chi connectivity index (χ0n) is 14.5. The van der Waals surface area contributed by atoms with Gasteiger partial charge in [-0.25, -0.2) is 4.98 Å². The summed E-state index contributed by atoms with van der Waals surface area (Å²) in [5.41, 5.74) is 2.13. The van der Waals surface area contributed by atoms with Crippen molar-refractivity contribution >= 4 is 5.97 Å². The minimum absolute atomic E-state index is 0.0557. The summed E-state index contributed by atoms with van der Waals surface area (Å²) in [6.07, 6.45) is 4.80. The van der Waals surface area contributed by atoms with E-state index in [2.05, 4.69) is 4.98 Å². The molecule has 1 heterocycles. The Labute approximate surface area is 143 Å². The number of ether oxygens (including phenoxy) is 2. The molecule has 24 heavy (non-hydrogen) atoms. The number of pyridine rings is 1. The Morgan fingerprint density at radius 1 is 1.38 bits per heavy atom. The average Bonchev–Trinajstić information content (AvgIpc) is 2.72. The number of aliphatic hydroxyl groups excluding tert-OH is 1. The molecule has 0 unspecified atom stereocenters. The van der Waals surface area contributed by atoms with Gasteiger partial charge < -0.3 is 14.6 Å². The number of rotatable bonds is 4. The topological polar surface area (TPSA) is 68.7 Å². The number of aromatic nitrogens is 1. The van der Waals surface area contributed by atoms with Gasteiger partial charge in [0.05, 0.1) is 26.2 Å². The highest BCUT2D eigenvalue weighted by Gasteiger charge is 2.38. The SMILES string of the molecule is CCOC(=O)C[C@H]1C[C@@H]2[C@@H](CCC[C@@H]2O)Cc2nc(OC)ccc21. The van der Waals surface area contributed by atoms with Crippen molar-refractivity contribution in [2.45, 2.75) is 57.5 Å². The summed E-state index contributed by atoms with van der Waals surface area (Å²) >= 11 is 0. The number of esters is 1. The molecule has 5 nitrogen and oxygen atoms in total. The van der Waals surface area contributed by atoms with Crippen molar-refractivity contribution in [3.05, 3.63) is 23.4 Å². The highest BCUT2D eigenvalue weighted by molar-refractivity contribution is 5.70. The van der Waals surface area contributed by atoms with Gasteiger partial charge in [0.1, 0.15) is 0 Å². The maximum Gasteiger partial charge on any atom is 0.306 e. The van der Waals surface area contributed by atoms with Crippen molar-refractivity contribution in [2.24, 2.45) is 11.8 Å². The molecule has 132 valence electrons. The number of aliphatic hydroxyl groups is 1.